The first kappa shape index (κ1) is 12.0. The van der Waals surface area contributed by atoms with Crippen LogP contribution in [-0.2, 0) is 5.54 Å². The van der Waals surface area contributed by atoms with Crippen LogP contribution in [0.15, 0.2) is 35.1 Å². The molecule has 1 spiro atoms. The van der Waals surface area contributed by atoms with Gasteiger partial charge in [0.2, 0.25) is 0 Å². The monoisotopic (exact) mass is 271 g/mol. The lowest BCUT2D eigenvalue weighted by Crippen LogP contribution is -3.16. The standard InChI is InChI=1S/C16H18N2O2/c1-19-13-4-5-14-15(9-13)20-8-7-16(14)6-2-3-12-10-17-11-18(12)16/h4-5,9-11H,2-3,6-8H2,1H3/p+1. The summed E-state index contributed by atoms with van der Waals surface area (Å²) in [6, 6.07) is 6.23. The second kappa shape index (κ2) is 4.35. The number of allylic oxidation sites excluding steroid dienone is 1. The minimum absolute atomic E-state index is 0.101. The number of ether oxygens (including phenoxy) is 2. The summed E-state index contributed by atoms with van der Waals surface area (Å²) in [6.07, 6.45) is 8.72. The van der Waals surface area contributed by atoms with Crippen molar-refractivity contribution >= 4 is 6.34 Å². The van der Waals surface area contributed by atoms with E-state index in [2.05, 4.69) is 17.4 Å². The third-order valence-corrected chi connectivity index (χ3v) is 4.84. The van der Waals surface area contributed by atoms with Gasteiger partial charge in [0, 0.05) is 25.3 Å². The zero-order valence-electron chi connectivity index (χ0n) is 11.7. The molecule has 1 aromatic carbocycles. The fourth-order valence-electron chi connectivity index (χ4n) is 3.85. The van der Waals surface area contributed by atoms with Crippen LogP contribution >= 0.6 is 0 Å². The van der Waals surface area contributed by atoms with Gasteiger partial charge >= 0.3 is 0 Å². The molecule has 0 radical (unpaired) electrons. The lowest BCUT2D eigenvalue weighted by molar-refractivity contribution is -0.836. The second-order valence-corrected chi connectivity index (χ2v) is 5.74. The molecule has 3 aliphatic rings. The van der Waals surface area contributed by atoms with E-state index in [-0.39, 0.29) is 5.54 Å². The number of benzene rings is 1. The average molecular weight is 271 g/mol. The highest BCUT2D eigenvalue weighted by Crippen LogP contribution is 2.42. The number of piperidine rings is 1. The minimum Gasteiger partial charge on any atom is -0.497 e. The first-order valence-corrected chi connectivity index (χ1v) is 7.25. The van der Waals surface area contributed by atoms with Crippen molar-refractivity contribution in [1.82, 2.24) is 0 Å². The molecule has 0 amide bonds. The van der Waals surface area contributed by atoms with Gasteiger partial charge in [-0.2, -0.15) is 0 Å². The Kier molecular flexibility index (Phi) is 2.60. The number of quaternary nitrogens is 1. The van der Waals surface area contributed by atoms with Crippen molar-refractivity contribution in [1.29, 1.82) is 0 Å². The number of hydrogen-bond acceptors (Lipinski definition) is 3. The summed E-state index contributed by atoms with van der Waals surface area (Å²) in [4.78, 5) is 5.81. The number of hydrogen-bond donors (Lipinski definition) is 1. The van der Waals surface area contributed by atoms with Crippen molar-refractivity contribution in [2.24, 2.45) is 4.99 Å². The smallest absolute Gasteiger partial charge is 0.194 e. The van der Waals surface area contributed by atoms with Gasteiger partial charge in [0.15, 0.2) is 6.34 Å². The maximum Gasteiger partial charge on any atom is 0.194 e. The zero-order valence-corrected chi connectivity index (χ0v) is 11.7. The molecule has 20 heavy (non-hydrogen) atoms. The summed E-state index contributed by atoms with van der Waals surface area (Å²) in [5.41, 5.74) is 2.82. The number of aliphatic imine (C=N–C) groups is 1. The lowest BCUT2D eigenvalue weighted by atomic mass is 9.76. The summed E-state index contributed by atoms with van der Waals surface area (Å²) in [5.74, 6) is 1.84. The quantitative estimate of drug-likeness (QED) is 0.842. The average Bonchev–Trinajstić information content (AvgIpc) is 2.97. The van der Waals surface area contributed by atoms with E-state index in [0.717, 1.165) is 30.9 Å². The van der Waals surface area contributed by atoms with Gasteiger partial charge in [-0.3, -0.25) is 4.90 Å². The van der Waals surface area contributed by atoms with Gasteiger partial charge in [-0.1, -0.05) is 0 Å². The van der Waals surface area contributed by atoms with Crippen molar-refractivity contribution in [3.05, 3.63) is 35.7 Å². The van der Waals surface area contributed by atoms with E-state index in [9.17, 15) is 0 Å². The highest BCUT2D eigenvalue weighted by molar-refractivity contribution is 5.53. The van der Waals surface area contributed by atoms with Crippen LogP contribution in [0.25, 0.3) is 0 Å². The third-order valence-electron chi connectivity index (χ3n) is 4.84. The summed E-state index contributed by atoms with van der Waals surface area (Å²) in [7, 11) is 1.69. The normalized spacial score (nSPS) is 30.4. The molecule has 4 heteroatoms. The number of nitrogens with one attached hydrogen (secondary N) is 1. The Bertz CT molecular complexity index is 608. The van der Waals surface area contributed by atoms with Gasteiger partial charge in [-0.15, -0.1) is 0 Å². The second-order valence-electron chi connectivity index (χ2n) is 5.74. The summed E-state index contributed by atoms with van der Waals surface area (Å²) in [6.45, 7) is 0.769. The summed E-state index contributed by atoms with van der Waals surface area (Å²) >= 11 is 0. The Balaban J connectivity index is 1.84. The van der Waals surface area contributed by atoms with E-state index >= 15 is 0 Å². The van der Waals surface area contributed by atoms with Crippen LogP contribution in [0.3, 0.4) is 0 Å². The summed E-state index contributed by atoms with van der Waals surface area (Å²) < 4.78 is 11.2. The van der Waals surface area contributed by atoms with Crippen LogP contribution < -0.4 is 14.4 Å². The van der Waals surface area contributed by atoms with E-state index in [4.69, 9.17) is 9.47 Å². The van der Waals surface area contributed by atoms with E-state index in [1.165, 1.54) is 29.0 Å². The first-order valence-electron chi connectivity index (χ1n) is 7.25. The van der Waals surface area contributed by atoms with Gasteiger partial charge in [0.25, 0.3) is 0 Å². The van der Waals surface area contributed by atoms with Gasteiger partial charge in [0.05, 0.1) is 25.5 Å². The van der Waals surface area contributed by atoms with Crippen LogP contribution in [0.2, 0.25) is 0 Å². The SMILES string of the molecule is COc1ccc2c(c1)OCCC21CCCC2=CN=C[NH+]21. The number of fused-ring (bicyclic) bond motifs is 4. The molecule has 0 saturated carbocycles. The molecule has 1 N–H and O–H groups in total. The van der Waals surface area contributed by atoms with Crippen molar-refractivity contribution in [2.75, 3.05) is 13.7 Å². The van der Waals surface area contributed by atoms with Gasteiger partial charge in [0.1, 0.15) is 22.7 Å². The van der Waals surface area contributed by atoms with Crippen LogP contribution in [0.5, 0.6) is 11.5 Å². The highest BCUT2D eigenvalue weighted by Gasteiger charge is 2.50. The Hall–Kier alpha value is -1.81. The topological polar surface area (TPSA) is 35.3 Å². The van der Waals surface area contributed by atoms with E-state index in [1.54, 1.807) is 7.11 Å². The van der Waals surface area contributed by atoms with E-state index in [1.807, 2.05) is 18.3 Å². The maximum atomic E-state index is 5.88. The minimum atomic E-state index is 0.101. The largest absolute Gasteiger partial charge is 0.497 e. The van der Waals surface area contributed by atoms with Crippen LogP contribution in [0.4, 0.5) is 0 Å². The van der Waals surface area contributed by atoms with Crippen molar-refractivity contribution in [2.45, 2.75) is 31.2 Å². The molecule has 2 unspecified atom stereocenters. The molecule has 4 nitrogen and oxygen atoms in total. The predicted octanol–water partition coefficient (Wildman–Crippen LogP) is 1.63. The fraction of sp³-hybridized carbons (Fsp3) is 0.438. The van der Waals surface area contributed by atoms with Gasteiger partial charge in [-0.25, -0.2) is 4.99 Å². The number of nitrogens with zero attached hydrogens (tertiary/aromatic N) is 1. The molecular formula is C16H19N2O2+. The van der Waals surface area contributed by atoms with Crippen molar-refractivity contribution in [3.63, 3.8) is 0 Å². The van der Waals surface area contributed by atoms with Gasteiger partial charge < -0.3 is 9.47 Å². The van der Waals surface area contributed by atoms with Crippen molar-refractivity contribution < 1.29 is 14.4 Å². The van der Waals surface area contributed by atoms with Gasteiger partial charge in [-0.05, 0) is 18.6 Å². The molecule has 0 aromatic heterocycles. The lowest BCUT2D eigenvalue weighted by Gasteiger charge is -2.44. The van der Waals surface area contributed by atoms with E-state index in [0.29, 0.717) is 0 Å². The zero-order chi connectivity index (χ0) is 13.6. The first-order chi connectivity index (χ1) is 9.83. The molecule has 1 saturated heterocycles. The molecule has 2 atom stereocenters. The molecule has 1 aromatic rings. The molecule has 4 rings (SSSR count). The Labute approximate surface area is 118 Å². The Morgan fingerprint density at radius 2 is 2.30 bits per heavy atom. The maximum absolute atomic E-state index is 5.88. The third kappa shape index (κ3) is 1.54. The van der Waals surface area contributed by atoms with Crippen LogP contribution in [-0.4, -0.2) is 20.1 Å². The molecule has 0 bridgehead atoms. The molecule has 3 heterocycles. The Morgan fingerprint density at radius 1 is 1.35 bits per heavy atom. The van der Waals surface area contributed by atoms with Crippen molar-refractivity contribution in [3.8, 4) is 11.5 Å². The molecule has 0 aliphatic carbocycles. The number of methoxy groups -OCH3 is 1. The Morgan fingerprint density at radius 3 is 3.20 bits per heavy atom. The fourth-order valence-corrected chi connectivity index (χ4v) is 3.85. The molecule has 104 valence electrons. The number of rotatable bonds is 1. The molecular weight excluding hydrogens is 252 g/mol. The van der Waals surface area contributed by atoms with E-state index < -0.39 is 0 Å². The van der Waals surface area contributed by atoms with Crippen LogP contribution in [0, 0.1) is 0 Å². The summed E-state index contributed by atoms with van der Waals surface area (Å²) in [5, 5.41) is 0. The molecule has 1 fully saturated rings. The highest BCUT2D eigenvalue weighted by atomic mass is 16.5. The molecule has 3 aliphatic heterocycles. The predicted molar refractivity (Wildman–Crippen MR) is 76.2 cm³/mol. The van der Waals surface area contributed by atoms with Crippen LogP contribution in [0.1, 0.15) is 31.2 Å².